The van der Waals surface area contributed by atoms with E-state index >= 15 is 0 Å². The number of carboxylic acids is 1. The van der Waals surface area contributed by atoms with Crippen LogP contribution in [0.25, 0.3) is 0 Å². The molecule has 0 amide bonds. The van der Waals surface area contributed by atoms with Crippen LogP contribution in [0.3, 0.4) is 0 Å². The Balaban J connectivity index is 1.81. The molecule has 1 N–H and O–H groups in total. The predicted octanol–water partition coefficient (Wildman–Crippen LogP) is 1.79. The maximum Gasteiger partial charge on any atom is 0.303 e. The number of hydrogen-bond acceptors (Lipinski definition) is 3. The molecular weight excluding hydrogens is 254 g/mol. The number of carboxylic acid groups (broad SMARTS) is 1. The molecule has 5 heteroatoms. The number of piperidine rings is 1. The van der Waals surface area contributed by atoms with Crippen LogP contribution in [-0.4, -0.2) is 45.2 Å². The van der Waals surface area contributed by atoms with E-state index in [1.165, 1.54) is 6.42 Å². The van der Waals surface area contributed by atoms with Gasteiger partial charge in [-0.3, -0.25) is 4.79 Å². The molecule has 1 saturated heterocycles. The van der Waals surface area contributed by atoms with E-state index in [0.717, 1.165) is 38.3 Å². The minimum Gasteiger partial charge on any atom is -0.481 e. The Morgan fingerprint density at radius 3 is 3.05 bits per heavy atom. The van der Waals surface area contributed by atoms with Gasteiger partial charge in [0.1, 0.15) is 5.82 Å². The molecule has 2 heterocycles. The van der Waals surface area contributed by atoms with Crippen molar-refractivity contribution in [2.45, 2.75) is 32.6 Å². The van der Waals surface area contributed by atoms with Crippen molar-refractivity contribution in [1.82, 2.24) is 14.5 Å². The molecule has 0 aromatic carbocycles. The molecule has 1 aliphatic heterocycles. The number of rotatable bonds is 6. The van der Waals surface area contributed by atoms with Crippen molar-refractivity contribution in [3.8, 4) is 0 Å². The molecule has 2 rings (SSSR count). The van der Waals surface area contributed by atoms with E-state index in [0.29, 0.717) is 5.92 Å². The summed E-state index contributed by atoms with van der Waals surface area (Å²) in [5.41, 5.74) is 0. The first-order chi connectivity index (χ1) is 9.56. The third kappa shape index (κ3) is 4.07. The molecule has 112 valence electrons. The van der Waals surface area contributed by atoms with Gasteiger partial charge in [0.25, 0.3) is 0 Å². The molecule has 20 heavy (non-hydrogen) atoms. The van der Waals surface area contributed by atoms with E-state index in [-0.39, 0.29) is 12.3 Å². The van der Waals surface area contributed by atoms with Crippen LogP contribution in [0.2, 0.25) is 0 Å². The number of aromatic nitrogens is 2. The summed E-state index contributed by atoms with van der Waals surface area (Å²) in [7, 11) is 2.02. The van der Waals surface area contributed by atoms with Gasteiger partial charge in [0.2, 0.25) is 0 Å². The van der Waals surface area contributed by atoms with E-state index < -0.39 is 5.97 Å². The summed E-state index contributed by atoms with van der Waals surface area (Å²) < 4.78 is 2.06. The predicted molar refractivity (Wildman–Crippen MR) is 77.5 cm³/mol. The van der Waals surface area contributed by atoms with Gasteiger partial charge in [0.05, 0.1) is 0 Å². The number of imidazole rings is 1. The zero-order chi connectivity index (χ0) is 14.5. The molecule has 0 bridgehead atoms. The average molecular weight is 279 g/mol. The van der Waals surface area contributed by atoms with Crippen LogP contribution in [-0.2, 0) is 18.3 Å². The first kappa shape index (κ1) is 15.0. The smallest absolute Gasteiger partial charge is 0.303 e. The second kappa shape index (κ2) is 6.88. The van der Waals surface area contributed by atoms with Crippen molar-refractivity contribution >= 4 is 5.97 Å². The second-order valence-corrected chi connectivity index (χ2v) is 5.98. The molecule has 0 spiro atoms. The molecule has 2 atom stereocenters. The number of nitrogens with zero attached hydrogens (tertiary/aromatic N) is 3. The highest BCUT2D eigenvalue weighted by molar-refractivity contribution is 5.67. The summed E-state index contributed by atoms with van der Waals surface area (Å²) in [6, 6.07) is 0. The Kier molecular flexibility index (Phi) is 5.17. The van der Waals surface area contributed by atoms with Crippen LogP contribution in [0.1, 0.15) is 32.0 Å². The fraction of sp³-hybridized carbons (Fsp3) is 0.733. The first-order valence-electron chi connectivity index (χ1n) is 7.46. The van der Waals surface area contributed by atoms with Gasteiger partial charge in [-0.1, -0.05) is 6.92 Å². The van der Waals surface area contributed by atoms with Gasteiger partial charge < -0.3 is 14.6 Å². The number of aliphatic carboxylic acids is 1. The molecule has 1 aliphatic rings. The van der Waals surface area contributed by atoms with Crippen molar-refractivity contribution in [2.24, 2.45) is 18.9 Å². The summed E-state index contributed by atoms with van der Waals surface area (Å²) in [5, 5.41) is 8.91. The van der Waals surface area contributed by atoms with Gasteiger partial charge in [-0.2, -0.15) is 0 Å². The van der Waals surface area contributed by atoms with Crippen molar-refractivity contribution in [3.63, 3.8) is 0 Å². The third-order valence-corrected chi connectivity index (χ3v) is 4.42. The van der Waals surface area contributed by atoms with Crippen LogP contribution >= 0.6 is 0 Å². The number of hydrogen-bond donors (Lipinski definition) is 1. The van der Waals surface area contributed by atoms with Crippen molar-refractivity contribution in [2.75, 3.05) is 19.6 Å². The van der Waals surface area contributed by atoms with E-state index in [4.69, 9.17) is 5.11 Å². The Morgan fingerprint density at radius 2 is 2.40 bits per heavy atom. The standard InChI is InChI=1S/C15H25N3O2/c1-12(10-15(19)20)13-4-3-7-18(11-13)8-5-14-16-6-9-17(14)2/h6,9,12-13H,3-5,7-8,10-11H2,1-2H3,(H,19,20). The topological polar surface area (TPSA) is 58.4 Å². The SMILES string of the molecule is CC(CC(=O)O)C1CCCN(CCc2nccn2C)C1. The Morgan fingerprint density at radius 1 is 1.60 bits per heavy atom. The molecule has 1 fully saturated rings. The summed E-state index contributed by atoms with van der Waals surface area (Å²) in [5.74, 6) is 1.22. The van der Waals surface area contributed by atoms with Gasteiger partial charge in [0, 0.05) is 45.4 Å². The molecule has 2 unspecified atom stereocenters. The minimum absolute atomic E-state index is 0.267. The highest BCUT2D eigenvalue weighted by Gasteiger charge is 2.25. The normalized spacial score (nSPS) is 21.8. The van der Waals surface area contributed by atoms with Crippen LogP contribution in [0.15, 0.2) is 12.4 Å². The zero-order valence-electron chi connectivity index (χ0n) is 12.5. The average Bonchev–Trinajstić information content (AvgIpc) is 2.81. The van der Waals surface area contributed by atoms with Crippen LogP contribution in [0, 0.1) is 11.8 Å². The fourth-order valence-corrected chi connectivity index (χ4v) is 3.10. The lowest BCUT2D eigenvalue weighted by atomic mass is 9.84. The quantitative estimate of drug-likeness (QED) is 0.862. The number of carbonyl (C=O) groups is 1. The maximum absolute atomic E-state index is 10.8. The van der Waals surface area contributed by atoms with E-state index in [2.05, 4.69) is 21.4 Å². The van der Waals surface area contributed by atoms with E-state index in [1.807, 2.05) is 19.4 Å². The summed E-state index contributed by atoms with van der Waals surface area (Å²) in [4.78, 5) is 17.6. The Hall–Kier alpha value is -1.36. The Bertz CT molecular complexity index is 444. The summed E-state index contributed by atoms with van der Waals surface area (Å²) >= 11 is 0. The fourth-order valence-electron chi connectivity index (χ4n) is 3.10. The van der Waals surface area contributed by atoms with Gasteiger partial charge in [0.15, 0.2) is 0 Å². The molecule has 0 radical (unpaired) electrons. The van der Waals surface area contributed by atoms with Gasteiger partial charge in [-0.15, -0.1) is 0 Å². The van der Waals surface area contributed by atoms with Crippen LogP contribution in [0.4, 0.5) is 0 Å². The minimum atomic E-state index is -0.678. The van der Waals surface area contributed by atoms with Gasteiger partial charge >= 0.3 is 5.97 Å². The lowest BCUT2D eigenvalue weighted by Gasteiger charge is -2.35. The van der Waals surface area contributed by atoms with Crippen LogP contribution in [0.5, 0.6) is 0 Å². The van der Waals surface area contributed by atoms with Crippen molar-refractivity contribution in [3.05, 3.63) is 18.2 Å². The number of likely N-dealkylation sites (tertiary alicyclic amines) is 1. The molecule has 1 aromatic rings. The summed E-state index contributed by atoms with van der Waals surface area (Å²) in [6.45, 7) is 5.24. The lowest BCUT2D eigenvalue weighted by Crippen LogP contribution is -2.39. The zero-order valence-corrected chi connectivity index (χ0v) is 12.5. The lowest BCUT2D eigenvalue weighted by molar-refractivity contribution is -0.138. The van der Waals surface area contributed by atoms with Gasteiger partial charge in [-0.05, 0) is 31.2 Å². The molecular formula is C15H25N3O2. The first-order valence-corrected chi connectivity index (χ1v) is 7.46. The molecule has 0 saturated carbocycles. The Labute approximate surface area is 120 Å². The highest BCUT2D eigenvalue weighted by atomic mass is 16.4. The number of aryl methyl sites for hydroxylation is 1. The maximum atomic E-state index is 10.8. The van der Waals surface area contributed by atoms with E-state index in [1.54, 1.807) is 0 Å². The summed E-state index contributed by atoms with van der Waals surface area (Å²) in [6.07, 6.45) is 7.40. The van der Waals surface area contributed by atoms with E-state index in [9.17, 15) is 4.79 Å². The van der Waals surface area contributed by atoms with Crippen molar-refractivity contribution < 1.29 is 9.90 Å². The largest absolute Gasteiger partial charge is 0.481 e. The molecule has 5 nitrogen and oxygen atoms in total. The van der Waals surface area contributed by atoms with Crippen molar-refractivity contribution in [1.29, 1.82) is 0 Å². The molecule has 1 aromatic heterocycles. The molecule has 0 aliphatic carbocycles. The monoisotopic (exact) mass is 279 g/mol. The third-order valence-electron chi connectivity index (χ3n) is 4.42. The van der Waals surface area contributed by atoms with Gasteiger partial charge in [-0.25, -0.2) is 4.98 Å². The highest BCUT2D eigenvalue weighted by Crippen LogP contribution is 2.26. The van der Waals surface area contributed by atoms with Crippen LogP contribution < -0.4 is 0 Å². The second-order valence-electron chi connectivity index (χ2n) is 5.98.